The summed E-state index contributed by atoms with van der Waals surface area (Å²) in [7, 11) is 0. The van der Waals surface area contributed by atoms with Gasteiger partial charge in [0, 0.05) is 18.4 Å². The number of fused-ring (bicyclic) bond motifs is 1. The first-order valence-electron chi connectivity index (χ1n) is 11.4. The number of aliphatic hydroxyl groups is 3. The van der Waals surface area contributed by atoms with Crippen LogP contribution in [-0.4, -0.2) is 57.3 Å². The van der Waals surface area contributed by atoms with Crippen molar-refractivity contribution in [1.82, 2.24) is 0 Å². The Hall–Kier alpha value is -1.70. The Morgan fingerprint density at radius 1 is 1.26 bits per heavy atom. The molecular formula is C24H38O7. The first-order chi connectivity index (χ1) is 14.7. The Bertz CT molecular complexity index is 671. The first kappa shape index (κ1) is 25.6. The highest BCUT2D eigenvalue weighted by Crippen LogP contribution is 2.45. The molecule has 7 nitrogen and oxygen atoms in total. The van der Waals surface area contributed by atoms with Crippen molar-refractivity contribution in [1.29, 1.82) is 0 Å². The van der Waals surface area contributed by atoms with Crippen LogP contribution in [0, 0.1) is 29.6 Å². The lowest BCUT2D eigenvalue weighted by Crippen LogP contribution is -2.42. The number of esters is 1. The van der Waals surface area contributed by atoms with E-state index in [4.69, 9.17) is 9.84 Å². The molecule has 0 spiro atoms. The maximum absolute atomic E-state index is 12.5. The van der Waals surface area contributed by atoms with Crippen LogP contribution < -0.4 is 0 Å². The third-order valence-electron chi connectivity index (χ3n) is 6.78. The first-order valence-corrected chi connectivity index (χ1v) is 11.4. The topological polar surface area (TPSA) is 124 Å². The van der Waals surface area contributed by atoms with Gasteiger partial charge in [0.1, 0.15) is 6.10 Å². The maximum Gasteiger partial charge on any atom is 0.308 e. The summed E-state index contributed by atoms with van der Waals surface area (Å²) in [6.45, 7) is 5.91. The smallest absolute Gasteiger partial charge is 0.308 e. The van der Waals surface area contributed by atoms with Gasteiger partial charge in [-0.1, -0.05) is 39.0 Å². The lowest BCUT2D eigenvalue weighted by Gasteiger charge is -2.43. The summed E-state index contributed by atoms with van der Waals surface area (Å²) in [6, 6.07) is 0. The Balaban J connectivity index is 2.13. The second-order valence-electron chi connectivity index (χ2n) is 9.26. The number of allylic oxidation sites excluding steroid dienone is 2. The normalized spacial score (nSPS) is 30.6. The highest BCUT2D eigenvalue weighted by molar-refractivity contribution is 5.72. The molecule has 0 aromatic rings. The van der Waals surface area contributed by atoms with Crippen LogP contribution in [0.3, 0.4) is 0 Å². The number of carboxylic acids is 1. The van der Waals surface area contributed by atoms with Crippen LogP contribution in [-0.2, 0) is 14.3 Å². The zero-order valence-corrected chi connectivity index (χ0v) is 18.8. The fourth-order valence-electron chi connectivity index (χ4n) is 4.76. The van der Waals surface area contributed by atoms with Crippen molar-refractivity contribution < 1.29 is 34.8 Å². The molecule has 2 rings (SSSR count). The average Bonchev–Trinajstić information content (AvgIpc) is 2.71. The van der Waals surface area contributed by atoms with Crippen LogP contribution in [0.5, 0.6) is 0 Å². The van der Waals surface area contributed by atoms with Crippen LogP contribution >= 0.6 is 0 Å². The van der Waals surface area contributed by atoms with Gasteiger partial charge in [0.15, 0.2) is 0 Å². The Morgan fingerprint density at radius 2 is 1.97 bits per heavy atom. The van der Waals surface area contributed by atoms with Gasteiger partial charge in [-0.2, -0.15) is 0 Å². The van der Waals surface area contributed by atoms with Gasteiger partial charge in [0.2, 0.25) is 0 Å². The Kier molecular flexibility index (Phi) is 9.72. The maximum atomic E-state index is 12.5. The van der Waals surface area contributed by atoms with E-state index in [-0.39, 0.29) is 61.1 Å². The zero-order chi connectivity index (χ0) is 23.1. The van der Waals surface area contributed by atoms with Crippen LogP contribution in [0.1, 0.15) is 59.3 Å². The highest BCUT2D eigenvalue weighted by Gasteiger charge is 2.42. The van der Waals surface area contributed by atoms with E-state index in [1.807, 2.05) is 13.8 Å². The van der Waals surface area contributed by atoms with E-state index in [0.717, 1.165) is 5.57 Å². The summed E-state index contributed by atoms with van der Waals surface area (Å²) < 4.78 is 5.95. The number of hydrogen-bond acceptors (Lipinski definition) is 6. The zero-order valence-electron chi connectivity index (χ0n) is 18.8. The molecule has 4 N–H and O–H groups in total. The molecule has 0 saturated carbocycles. The van der Waals surface area contributed by atoms with Crippen molar-refractivity contribution in [3.63, 3.8) is 0 Å². The van der Waals surface area contributed by atoms with Gasteiger partial charge in [-0.05, 0) is 49.5 Å². The third kappa shape index (κ3) is 7.16. The van der Waals surface area contributed by atoms with E-state index in [9.17, 15) is 24.9 Å². The molecule has 0 aromatic heterocycles. The molecular weight excluding hydrogens is 400 g/mol. The number of carboxylic acid groups (broad SMARTS) is 1. The standard InChI is InChI=1S/C24H38O7/c1-4-14(2)24(30)31-21-10-16(13-25)9-17-6-5-15(3)20(23(17)21)8-7-18(26)11-19(27)12-22(28)29/h5-6,9,14-16,18-21,23,25-27H,4,7-8,10-13H2,1-3H3,(H,28,29)/t14?,15-,16+,18+,19+,20-,21-,23-/m0/s1. The molecule has 2 aliphatic carbocycles. The predicted octanol–water partition coefficient (Wildman–Crippen LogP) is 2.69. The molecule has 0 radical (unpaired) electrons. The summed E-state index contributed by atoms with van der Waals surface area (Å²) in [5.41, 5.74) is 1.07. The fraction of sp³-hybridized carbons (Fsp3) is 0.750. The van der Waals surface area contributed by atoms with Crippen LogP contribution in [0.2, 0.25) is 0 Å². The van der Waals surface area contributed by atoms with Crippen LogP contribution in [0.25, 0.3) is 0 Å². The minimum Gasteiger partial charge on any atom is -0.481 e. The van der Waals surface area contributed by atoms with Crippen molar-refractivity contribution >= 4 is 11.9 Å². The molecule has 0 bridgehead atoms. The number of aliphatic carboxylic acids is 1. The van der Waals surface area contributed by atoms with Gasteiger partial charge in [-0.3, -0.25) is 9.59 Å². The van der Waals surface area contributed by atoms with E-state index in [1.54, 1.807) is 0 Å². The lowest BCUT2D eigenvalue weighted by atomic mass is 9.65. The number of aliphatic hydroxyl groups excluding tert-OH is 3. The molecule has 1 unspecified atom stereocenters. The number of hydrogen-bond donors (Lipinski definition) is 4. The second-order valence-corrected chi connectivity index (χ2v) is 9.26. The van der Waals surface area contributed by atoms with Crippen molar-refractivity contribution in [2.45, 2.75) is 77.6 Å². The van der Waals surface area contributed by atoms with Gasteiger partial charge in [-0.25, -0.2) is 0 Å². The lowest BCUT2D eigenvalue weighted by molar-refractivity contribution is -0.159. The number of carbonyl (C=O) groups is 2. The van der Waals surface area contributed by atoms with E-state index in [0.29, 0.717) is 25.7 Å². The summed E-state index contributed by atoms with van der Waals surface area (Å²) in [4.78, 5) is 23.3. The number of ether oxygens (including phenoxy) is 1. The third-order valence-corrected chi connectivity index (χ3v) is 6.78. The Morgan fingerprint density at radius 3 is 2.58 bits per heavy atom. The summed E-state index contributed by atoms with van der Waals surface area (Å²) in [5.74, 6) is -1.21. The molecule has 8 atom stereocenters. The molecule has 0 saturated heterocycles. The summed E-state index contributed by atoms with van der Waals surface area (Å²) >= 11 is 0. The quantitative estimate of drug-likeness (QED) is 0.366. The number of rotatable bonds is 11. The molecule has 31 heavy (non-hydrogen) atoms. The van der Waals surface area contributed by atoms with E-state index < -0.39 is 18.2 Å². The van der Waals surface area contributed by atoms with Crippen LogP contribution in [0.15, 0.2) is 23.8 Å². The molecule has 0 fully saturated rings. The average molecular weight is 439 g/mol. The van der Waals surface area contributed by atoms with E-state index in [1.165, 1.54) is 0 Å². The molecule has 0 aliphatic heterocycles. The number of carbonyl (C=O) groups excluding carboxylic acids is 1. The van der Waals surface area contributed by atoms with Crippen LogP contribution in [0.4, 0.5) is 0 Å². The Labute approximate surface area is 184 Å². The van der Waals surface area contributed by atoms with Crippen molar-refractivity contribution in [2.75, 3.05) is 6.61 Å². The summed E-state index contributed by atoms with van der Waals surface area (Å²) in [6.07, 6.45) is 6.06. The predicted molar refractivity (Wildman–Crippen MR) is 116 cm³/mol. The van der Waals surface area contributed by atoms with Crippen molar-refractivity contribution in [3.05, 3.63) is 23.8 Å². The molecule has 2 aliphatic rings. The fourth-order valence-corrected chi connectivity index (χ4v) is 4.76. The molecule has 176 valence electrons. The molecule has 0 heterocycles. The van der Waals surface area contributed by atoms with Gasteiger partial charge >= 0.3 is 11.9 Å². The molecule has 7 heteroatoms. The molecule has 0 amide bonds. The second kappa shape index (κ2) is 11.8. The minimum absolute atomic E-state index is 0.00183. The molecule has 0 aromatic carbocycles. The van der Waals surface area contributed by atoms with E-state index >= 15 is 0 Å². The monoisotopic (exact) mass is 438 g/mol. The van der Waals surface area contributed by atoms with Gasteiger partial charge in [-0.15, -0.1) is 0 Å². The van der Waals surface area contributed by atoms with Gasteiger partial charge in [0.25, 0.3) is 0 Å². The highest BCUT2D eigenvalue weighted by atomic mass is 16.5. The van der Waals surface area contributed by atoms with Gasteiger partial charge in [0.05, 0.1) is 24.5 Å². The largest absolute Gasteiger partial charge is 0.481 e. The SMILES string of the molecule is CCC(C)C(=O)O[C@H]1C[C@H](CO)C=C2C=C[C@H](C)[C@H](CC[C@@H](O)C[C@@H](O)CC(=O)O)[C@H]21. The summed E-state index contributed by atoms with van der Waals surface area (Å²) in [5, 5.41) is 38.6. The van der Waals surface area contributed by atoms with Crippen molar-refractivity contribution in [2.24, 2.45) is 29.6 Å². The van der Waals surface area contributed by atoms with Gasteiger partial charge < -0.3 is 25.2 Å². The minimum atomic E-state index is -1.09. The van der Waals surface area contributed by atoms with E-state index in [2.05, 4.69) is 25.2 Å². The van der Waals surface area contributed by atoms with Crippen molar-refractivity contribution in [3.8, 4) is 0 Å².